The van der Waals surface area contributed by atoms with Gasteiger partial charge in [-0.05, 0) is 24.1 Å². The number of ketones is 1. The van der Waals surface area contributed by atoms with Crippen molar-refractivity contribution in [2.45, 2.75) is 32.3 Å². The maximum absolute atomic E-state index is 12.2. The molecule has 1 aromatic carbocycles. The molecule has 104 valence electrons. The Morgan fingerprint density at radius 1 is 1.37 bits per heavy atom. The molecule has 0 aliphatic carbocycles. The van der Waals surface area contributed by atoms with Crippen LogP contribution in [0.3, 0.4) is 0 Å². The van der Waals surface area contributed by atoms with Crippen molar-refractivity contribution in [3.8, 4) is 0 Å². The summed E-state index contributed by atoms with van der Waals surface area (Å²) in [5.74, 6) is 0.712. The summed E-state index contributed by atoms with van der Waals surface area (Å²) in [6.45, 7) is 6.62. The van der Waals surface area contributed by atoms with Crippen molar-refractivity contribution in [1.29, 1.82) is 0 Å². The average Bonchev–Trinajstić information content (AvgIpc) is 2.39. The van der Waals surface area contributed by atoms with Crippen LogP contribution in [0.25, 0.3) is 0 Å². The van der Waals surface area contributed by atoms with Gasteiger partial charge in [-0.15, -0.1) is 0 Å². The quantitative estimate of drug-likeness (QED) is 0.832. The molecular weight excluding hydrogens is 238 g/mol. The van der Waals surface area contributed by atoms with Crippen molar-refractivity contribution < 1.29 is 9.53 Å². The Morgan fingerprint density at radius 3 is 2.63 bits per heavy atom. The number of morpholine rings is 1. The smallest absolute Gasteiger partial charge is 0.167 e. The summed E-state index contributed by atoms with van der Waals surface area (Å²) in [7, 11) is 2.03. The topological polar surface area (TPSA) is 29.5 Å². The van der Waals surface area contributed by atoms with Gasteiger partial charge < -0.3 is 9.64 Å². The highest BCUT2D eigenvalue weighted by Crippen LogP contribution is 2.16. The van der Waals surface area contributed by atoms with Gasteiger partial charge in [-0.1, -0.05) is 38.1 Å². The molecule has 3 nitrogen and oxygen atoms in total. The van der Waals surface area contributed by atoms with Crippen molar-refractivity contribution in [3.05, 3.63) is 35.4 Å². The first-order valence-corrected chi connectivity index (χ1v) is 6.98. The number of nitrogens with zero attached hydrogens (tertiary/aromatic N) is 1. The third-order valence-electron chi connectivity index (χ3n) is 3.65. The number of Topliss-reactive ketones (excluding diaryl/α,β-unsaturated/α-hetero) is 1. The van der Waals surface area contributed by atoms with Crippen molar-refractivity contribution in [2.75, 3.05) is 26.7 Å². The minimum atomic E-state index is -0.261. The lowest BCUT2D eigenvalue weighted by Crippen LogP contribution is -2.44. The van der Waals surface area contributed by atoms with Crippen molar-refractivity contribution in [3.63, 3.8) is 0 Å². The first-order chi connectivity index (χ1) is 9.06. The number of rotatable bonds is 4. The van der Waals surface area contributed by atoms with E-state index in [0.717, 1.165) is 12.1 Å². The Hall–Kier alpha value is -1.19. The second kappa shape index (κ2) is 6.31. The zero-order valence-corrected chi connectivity index (χ0v) is 12.1. The molecule has 0 spiro atoms. The Labute approximate surface area is 115 Å². The molecule has 1 aliphatic heterocycles. The largest absolute Gasteiger partial charge is 0.368 e. The Balaban J connectivity index is 1.94. The number of carbonyl (C=O) groups is 1. The van der Waals surface area contributed by atoms with Gasteiger partial charge in [0.2, 0.25) is 0 Å². The van der Waals surface area contributed by atoms with Gasteiger partial charge in [-0.3, -0.25) is 4.79 Å². The van der Waals surface area contributed by atoms with Crippen LogP contribution in [0.5, 0.6) is 0 Å². The molecule has 1 aromatic rings. The standard InChI is InChI=1S/C16H23NO2/c1-12(2)14-6-4-13(5-7-14)10-15(18)16-11-17(3)8-9-19-16/h4-7,12,16H,8-11H2,1-3H3. The van der Waals surface area contributed by atoms with Crippen LogP contribution in [0, 0.1) is 0 Å². The Kier molecular flexibility index (Phi) is 4.72. The van der Waals surface area contributed by atoms with Gasteiger partial charge >= 0.3 is 0 Å². The molecule has 0 saturated carbocycles. The second-order valence-electron chi connectivity index (χ2n) is 5.66. The lowest BCUT2D eigenvalue weighted by molar-refractivity contribution is -0.134. The van der Waals surface area contributed by atoms with Gasteiger partial charge in [0.15, 0.2) is 5.78 Å². The zero-order chi connectivity index (χ0) is 13.8. The van der Waals surface area contributed by atoms with Crippen LogP contribution < -0.4 is 0 Å². The van der Waals surface area contributed by atoms with E-state index in [1.807, 2.05) is 7.05 Å². The second-order valence-corrected chi connectivity index (χ2v) is 5.66. The SMILES string of the molecule is CC(C)c1ccc(CC(=O)C2CN(C)CCO2)cc1. The van der Waals surface area contributed by atoms with Gasteiger partial charge in [0, 0.05) is 19.5 Å². The van der Waals surface area contributed by atoms with Crippen LogP contribution in [0.4, 0.5) is 0 Å². The number of likely N-dealkylation sites (N-methyl/N-ethyl adjacent to an activating group) is 1. The maximum atomic E-state index is 12.2. The van der Waals surface area contributed by atoms with E-state index in [1.165, 1.54) is 5.56 Å². The van der Waals surface area contributed by atoms with Gasteiger partial charge in [0.1, 0.15) is 6.10 Å². The van der Waals surface area contributed by atoms with Gasteiger partial charge in [-0.25, -0.2) is 0 Å². The van der Waals surface area contributed by atoms with Crippen molar-refractivity contribution >= 4 is 5.78 Å². The van der Waals surface area contributed by atoms with Gasteiger partial charge in [0.05, 0.1) is 6.61 Å². The summed E-state index contributed by atoms with van der Waals surface area (Å²) in [4.78, 5) is 14.3. The molecule has 0 bridgehead atoms. The number of carbonyl (C=O) groups excluding carboxylic acids is 1. The van der Waals surface area contributed by atoms with Crippen LogP contribution in [-0.2, 0) is 16.0 Å². The van der Waals surface area contributed by atoms with Gasteiger partial charge in [0.25, 0.3) is 0 Å². The molecular formula is C16H23NO2. The van der Waals surface area contributed by atoms with Crippen molar-refractivity contribution in [2.24, 2.45) is 0 Å². The number of benzene rings is 1. The van der Waals surface area contributed by atoms with Crippen LogP contribution >= 0.6 is 0 Å². The molecule has 1 aliphatic rings. The Bertz CT molecular complexity index is 425. The van der Waals surface area contributed by atoms with E-state index in [1.54, 1.807) is 0 Å². The van der Waals surface area contributed by atoms with E-state index in [4.69, 9.17) is 4.74 Å². The van der Waals surface area contributed by atoms with Crippen LogP contribution in [0.15, 0.2) is 24.3 Å². The fraction of sp³-hybridized carbons (Fsp3) is 0.562. The molecule has 1 heterocycles. The molecule has 1 fully saturated rings. The Morgan fingerprint density at radius 2 is 2.05 bits per heavy atom. The third kappa shape index (κ3) is 3.88. The summed E-state index contributed by atoms with van der Waals surface area (Å²) < 4.78 is 5.55. The minimum absolute atomic E-state index is 0.184. The normalized spacial score (nSPS) is 20.7. The summed E-state index contributed by atoms with van der Waals surface area (Å²) in [6, 6.07) is 8.34. The maximum Gasteiger partial charge on any atom is 0.167 e. The molecule has 0 aromatic heterocycles. The summed E-state index contributed by atoms with van der Waals surface area (Å²) in [5.41, 5.74) is 2.39. The van der Waals surface area contributed by atoms with Crippen LogP contribution in [0.1, 0.15) is 30.9 Å². The summed E-state index contributed by atoms with van der Waals surface area (Å²) in [6.07, 6.45) is 0.209. The molecule has 2 rings (SSSR count). The highest BCUT2D eigenvalue weighted by atomic mass is 16.5. The number of hydrogen-bond donors (Lipinski definition) is 0. The lowest BCUT2D eigenvalue weighted by atomic mass is 9.99. The van der Waals surface area contributed by atoms with Crippen molar-refractivity contribution in [1.82, 2.24) is 4.90 Å². The predicted octanol–water partition coefficient (Wildman–Crippen LogP) is 2.25. The summed E-state index contributed by atoms with van der Waals surface area (Å²) in [5, 5.41) is 0. The van der Waals surface area contributed by atoms with Crippen LogP contribution in [0.2, 0.25) is 0 Å². The molecule has 3 heteroatoms. The van der Waals surface area contributed by atoms with E-state index in [2.05, 4.69) is 43.0 Å². The van der Waals surface area contributed by atoms with Crippen LogP contribution in [-0.4, -0.2) is 43.5 Å². The minimum Gasteiger partial charge on any atom is -0.368 e. The summed E-state index contributed by atoms with van der Waals surface area (Å²) >= 11 is 0. The molecule has 19 heavy (non-hydrogen) atoms. The average molecular weight is 261 g/mol. The molecule has 0 N–H and O–H groups in total. The highest BCUT2D eigenvalue weighted by Gasteiger charge is 2.24. The fourth-order valence-electron chi connectivity index (χ4n) is 2.31. The van der Waals surface area contributed by atoms with Gasteiger partial charge in [-0.2, -0.15) is 0 Å². The first-order valence-electron chi connectivity index (χ1n) is 6.98. The van der Waals surface area contributed by atoms with E-state index < -0.39 is 0 Å². The molecule has 1 atom stereocenters. The molecule has 1 unspecified atom stereocenters. The zero-order valence-electron chi connectivity index (χ0n) is 12.1. The monoisotopic (exact) mass is 261 g/mol. The lowest BCUT2D eigenvalue weighted by Gasteiger charge is -2.29. The number of ether oxygens (including phenoxy) is 1. The van der Waals surface area contributed by atoms with E-state index >= 15 is 0 Å². The number of hydrogen-bond acceptors (Lipinski definition) is 3. The highest BCUT2D eigenvalue weighted by molar-refractivity contribution is 5.85. The first kappa shape index (κ1) is 14.2. The van der Waals surface area contributed by atoms with E-state index in [0.29, 0.717) is 25.5 Å². The molecule has 1 saturated heterocycles. The predicted molar refractivity (Wildman–Crippen MR) is 76.5 cm³/mol. The third-order valence-corrected chi connectivity index (χ3v) is 3.65. The van der Waals surface area contributed by atoms with E-state index in [9.17, 15) is 4.79 Å². The molecule has 0 radical (unpaired) electrons. The fourth-order valence-corrected chi connectivity index (χ4v) is 2.31. The van der Waals surface area contributed by atoms with E-state index in [-0.39, 0.29) is 11.9 Å². The molecule has 0 amide bonds.